The highest BCUT2D eigenvalue weighted by molar-refractivity contribution is 5.81. The largest absolute Gasteiger partial charge is 0.444 e. The van der Waals surface area contributed by atoms with Crippen LogP contribution in [0.5, 0.6) is 0 Å². The van der Waals surface area contributed by atoms with Crippen LogP contribution in [-0.4, -0.2) is 82.1 Å². The zero-order valence-corrected chi connectivity index (χ0v) is 23.0. The van der Waals surface area contributed by atoms with Gasteiger partial charge in [-0.05, 0) is 33.6 Å². The molecule has 3 rings (SSSR count). The Morgan fingerprint density at radius 1 is 1.26 bits per heavy atom. The number of hydrogen-bond acceptors (Lipinski definition) is 11. The molecular weight excluding hydrogens is 525 g/mol. The van der Waals surface area contributed by atoms with Crippen LogP contribution in [0.4, 0.5) is 9.18 Å². The second-order valence-electron chi connectivity index (χ2n) is 10.9. The van der Waals surface area contributed by atoms with Crippen LogP contribution >= 0.6 is 0 Å². The van der Waals surface area contributed by atoms with E-state index in [-0.39, 0.29) is 0 Å². The second kappa shape index (κ2) is 11.3. The lowest BCUT2D eigenvalue weighted by atomic mass is 9.88. The maximum absolute atomic E-state index is 14.2. The number of amides is 1. The summed E-state index contributed by atoms with van der Waals surface area (Å²) in [5.74, 6) is -1.33. The Morgan fingerprint density at radius 2 is 1.92 bits per heavy atom. The summed E-state index contributed by atoms with van der Waals surface area (Å²) in [6.07, 6.45) is -2.26. The Morgan fingerprint density at radius 3 is 2.46 bits per heavy atom. The van der Waals surface area contributed by atoms with Gasteiger partial charge in [0.05, 0.1) is 6.61 Å². The fourth-order valence-corrected chi connectivity index (χ4v) is 4.46. The molecule has 14 nitrogen and oxygen atoms in total. The molecule has 1 unspecified atom stereocenters. The number of carbonyl (C=O) groups is 2. The van der Waals surface area contributed by atoms with E-state index in [4.69, 9.17) is 28.4 Å². The number of alkyl carbamates (subject to hydrolysis) is 1. The first kappa shape index (κ1) is 30.7. The summed E-state index contributed by atoms with van der Waals surface area (Å²) < 4.78 is 48.4. The van der Waals surface area contributed by atoms with Crippen LogP contribution in [0.1, 0.15) is 47.8 Å². The van der Waals surface area contributed by atoms with Crippen molar-refractivity contribution in [2.24, 2.45) is 5.92 Å². The number of fused-ring (bicyclic) bond motifs is 1. The average Bonchev–Trinajstić information content (AvgIpc) is 3.31. The molecule has 0 spiro atoms. The van der Waals surface area contributed by atoms with Gasteiger partial charge in [0.25, 0.3) is 12.0 Å². The van der Waals surface area contributed by atoms with Crippen LogP contribution in [0.2, 0.25) is 0 Å². The van der Waals surface area contributed by atoms with Crippen LogP contribution in [0.3, 0.4) is 0 Å². The number of aliphatic hydroxyl groups is 1. The van der Waals surface area contributed by atoms with Gasteiger partial charge in [-0.25, -0.2) is 23.3 Å². The topological polar surface area (TPSA) is 166 Å². The SMILES string of the molecule is COC1O[C@@H]2[C@](CO)(CF)O[C@@H](n3ccc(=O)n(COC(=O)[C@@H](NC(=O)OC(C)(C)C)C(C)C)c3=O)[C@]2(C)O1. The van der Waals surface area contributed by atoms with Crippen molar-refractivity contribution < 1.29 is 47.5 Å². The first-order chi connectivity index (χ1) is 18.1. The van der Waals surface area contributed by atoms with Gasteiger partial charge in [-0.3, -0.25) is 9.36 Å². The monoisotopic (exact) mass is 561 g/mol. The van der Waals surface area contributed by atoms with Gasteiger partial charge in [0.15, 0.2) is 18.6 Å². The number of aromatic nitrogens is 2. The molecule has 39 heavy (non-hydrogen) atoms. The number of ether oxygens (including phenoxy) is 6. The highest BCUT2D eigenvalue weighted by Crippen LogP contribution is 2.52. The average molecular weight is 562 g/mol. The van der Waals surface area contributed by atoms with Crippen molar-refractivity contribution in [2.75, 3.05) is 20.4 Å². The maximum Gasteiger partial charge on any atom is 0.408 e. The summed E-state index contributed by atoms with van der Waals surface area (Å²) in [4.78, 5) is 50.9. The fraction of sp³-hybridized carbons (Fsp3) is 0.750. The number of esters is 1. The molecule has 2 fully saturated rings. The van der Waals surface area contributed by atoms with E-state index in [0.29, 0.717) is 4.57 Å². The van der Waals surface area contributed by atoms with Crippen LogP contribution in [0.25, 0.3) is 0 Å². The molecule has 2 aliphatic heterocycles. The van der Waals surface area contributed by atoms with Gasteiger partial charge >= 0.3 is 17.8 Å². The van der Waals surface area contributed by atoms with Crippen LogP contribution in [0, 0.1) is 5.92 Å². The van der Waals surface area contributed by atoms with Gasteiger partial charge in [0.2, 0.25) is 0 Å². The third kappa shape index (κ3) is 6.01. The third-order valence-corrected chi connectivity index (χ3v) is 6.40. The lowest BCUT2D eigenvalue weighted by Crippen LogP contribution is -2.51. The van der Waals surface area contributed by atoms with Gasteiger partial charge in [0, 0.05) is 19.4 Å². The van der Waals surface area contributed by atoms with E-state index < -0.39 is 90.9 Å². The van der Waals surface area contributed by atoms with Crippen molar-refractivity contribution in [3.8, 4) is 0 Å². The Bertz CT molecular complexity index is 1170. The van der Waals surface area contributed by atoms with Crippen LogP contribution in [-0.2, 0) is 39.9 Å². The molecule has 3 heterocycles. The van der Waals surface area contributed by atoms with Crippen molar-refractivity contribution in [3.05, 3.63) is 33.1 Å². The predicted molar refractivity (Wildman–Crippen MR) is 130 cm³/mol. The minimum absolute atomic E-state index is 0.418. The van der Waals surface area contributed by atoms with E-state index in [2.05, 4.69) is 5.32 Å². The number of alkyl halides is 1. The van der Waals surface area contributed by atoms with Crippen molar-refractivity contribution >= 4 is 12.1 Å². The van der Waals surface area contributed by atoms with Gasteiger partial charge < -0.3 is 38.8 Å². The quantitative estimate of drug-likeness (QED) is 0.401. The number of carbonyl (C=O) groups excluding carboxylic acids is 2. The molecule has 0 aromatic carbocycles. The third-order valence-electron chi connectivity index (χ3n) is 6.40. The zero-order valence-electron chi connectivity index (χ0n) is 23.0. The molecule has 1 aromatic heterocycles. The standard InChI is InChI=1S/C24H36FN3O11/c1-13(2)15(26-19(32)38-22(3,4)5)16(31)35-12-28-14(30)8-9-27(20(28)33)18-23(6)17(36-21(34-7)39-23)24(10-25,11-29)37-18/h8-9,13,15,17-18,21,29H,10-12H2,1-7H3,(H,26,32)/t15-,17-,18+,21?,23+,24+/m0/s1. The molecule has 2 saturated heterocycles. The van der Waals surface area contributed by atoms with E-state index in [1.165, 1.54) is 14.0 Å². The van der Waals surface area contributed by atoms with Crippen molar-refractivity contribution in [1.82, 2.24) is 14.5 Å². The van der Waals surface area contributed by atoms with E-state index in [1.807, 2.05) is 0 Å². The highest BCUT2D eigenvalue weighted by atomic mass is 19.1. The summed E-state index contributed by atoms with van der Waals surface area (Å²) in [7, 11) is 1.30. The smallest absolute Gasteiger partial charge is 0.408 e. The number of aliphatic hydroxyl groups excluding tert-OH is 1. The maximum atomic E-state index is 14.2. The highest BCUT2D eigenvalue weighted by Gasteiger charge is 2.69. The molecule has 0 saturated carbocycles. The Balaban J connectivity index is 1.87. The number of rotatable bonds is 9. The summed E-state index contributed by atoms with van der Waals surface area (Å²) in [6, 6.07) is -0.113. The molecule has 0 radical (unpaired) electrons. The Kier molecular flexibility index (Phi) is 8.92. The number of methoxy groups -OCH3 is 1. The molecule has 15 heteroatoms. The molecule has 0 aliphatic carbocycles. The van der Waals surface area contributed by atoms with E-state index in [1.54, 1.807) is 34.6 Å². The van der Waals surface area contributed by atoms with Gasteiger partial charge in [-0.1, -0.05) is 13.8 Å². The van der Waals surface area contributed by atoms with Crippen molar-refractivity contribution in [2.45, 2.75) is 89.9 Å². The van der Waals surface area contributed by atoms with Crippen molar-refractivity contribution in [3.63, 3.8) is 0 Å². The summed E-state index contributed by atoms with van der Waals surface area (Å²) in [5, 5.41) is 12.4. The second-order valence-corrected chi connectivity index (χ2v) is 10.9. The first-order valence-corrected chi connectivity index (χ1v) is 12.3. The lowest BCUT2D eigenvalue weighted by molar-refractivity contribution is -0.283. The normalized spacial score (nSPS) is 29.2. The molecule has 0 bridgehead atoms. The lowest BCUT2D eigenvalue weighted by Gasteiger charge is -2.29. The van der Waals surface area contributed by atoms with Gasteiger partial charge in [-0.2, -0.15) is 0 Å². The van der Waals surface area contributed by atoms with Crippen molar-refractivity contribution in [1.29, 1.82) is 0 Å². The summed E-state index contributed by atoms with van der Waals surface area (Å²) >= 11 is 0. The minimum Gasteiger partial charge on any atom is -0.444 e. The van der Waals surface area contributed by atoms with E-state index in [0.717, 1.165) is 16.8 Å². The van der Waals surface area contributed by atoms with Gasteiger partial charge in [0.1, 0.15) is 30.0 Å². The number of halogens is 1. The molecule has 1 amide bonds. The van der Waals surface area contributed by atoms with E-state index in [9.17, 15) is 28.7 Å². The molecule has 6 atom stereocenters. The minimum atomic E-state index is -1.88. The molecule has 2 N–H and O–H groups in total. The van der Waals surface area contributed by atoms with Gasteiger partial charge in [-0.15, -0.1) is 0 Å². The van der Waals surface area contributed by atoms with E-state index >= 15 is 0 Å². The molecule has 1 aromatic rings. The summed E-state index contributed by atoms with van der Waals surface area (Å²) in [6.45, 7) is 5.81. The molecule has 2 aliphatic rings. The molecular formula is C24H36FN3O11. The van der Waals surface area contributed by atoms with Crippen LogP contribution in [0.15, 0.2) is 21.9 Å². The first-order valence-electron chi connectivity index (χ1n) is 12.3. The predicted octanol–water partition coefficient (Wildman–Crippen LogP) is 0.394. The summed E-state index contributed by atoms with van der Waals surface area (Å²) in [5.41, 5.74) is -5.97. The number of nitrogens with zero attached hydrogens (tertiary/aromatic N) is 2. The zero-order chi connectivity index (χ0) is 29.3. The fourth-order valence-electron chi connectivity index (χ4n) is 4.46. The Labute approximate surface area is 223 Å². The van der Waals surface area contributed by atoms with Crippen LogP contribution < -0.4 is 16.6 Å². The number of hydrogen-bond donors (Lipinski definition) is 2. The number of nitrogens with one attached hydrogen (secondary N) is 1. The molecule has 220 valence electrons. The Hall–Kier alpha value is -2.85.